The molecule has 3 heterocycles. The number of rotatable bonds is 4. The van der Waals surface area contributed by atoms with E-state index >= 15 is 0 Å². The number of amidine groups is 1. The summed E-state index contributed by atoms with van der Waals surface area (Å²) < 4.78 is 11.0. The molecule has 0 aliphatic carbocycles. The third kappa shape index (κ3) is 3.89. The number of carbonyl (C=O) groups is 2. The second-order valence-corrected chi connectivity index (χ2v) is 7.81. The lowest BCUT2D eigenvalue weighted by molar-refractivity contribution is -0.122. The van der Waals surface area contributed by atoms with Gasteiger partial charge in [0.25, 0.3) is 5.91 Å². The van der Waals surface area contributed by atoms with E-state index < -0.39 is 6.17 Å². The highest BCUT2D eigenvalue weighted by Crippen LogP contribution is 2.32. The van der Waals surface area contributed by atoms with Crippen LogP contribution in [0.4, 0.5) is 11.4 Å². The maximum atomic E-state index is 12.8. The monoisotopic (exact) mass is 437 g/mol. The smallest absolute Gasteiger partial charge is 0.276 e. The zero-order chi connectivity index (χ0) is 21.2. The summed E-state index contributed by atoms with van der Waals surface area (Å²) in [5.41, 5.74) is 4.27. The Bertz CT molecular complexity index is 1070. The maximum Gasteiger partial charge on any atom is 0.276 e. The van der Waals surface area contributed by atoms with E-state index in [2.05, 4.69) is 15.8 Å². The zero-order valence-electron chi connectivity index (χ0n) is 16.4. The topological polar surface area (TPSA) is 95.5 Å². The SMILES string of the molecule is O=C(CSC1=NNC2C(=O)N(c3ccccc3)C=CN12)Nc1ccc2c(c1)OCCO2. The molecule has 158 valence electrons. The number of carbonyl (C=O) groups excluding carboxylic acids is 2. The lowest BCUT2D eigenvalue weighted by atomic mass is 10.2. The number of nitrogens with one attached hydrogen (secondary N) is 2. The first-order valence-corrected chi connectivity index (χ1v) is 10.7. The van der Waals surface area contributed by atoms with Crippen molar-refractivity contribution in [3.63, 3.8) is 0 Å². The lowest BCUT2D eigenvalue weighted by Gasteiger charge is -2.31. The van der Waals surface area contributed by atoms with Crippen molar-refractivity contribution in [3.8, 4) is 11.5 Å². The van der Waals surface area contributed by atoms with Crippen molar-refractivity contribution in [2.24, 2.45) is 5.10 Å². The molecule has 2 amide bonds. The molecule has 0 spiro atoms. The number of amides is 2. The summed E-state index contributed by atoms with van der Waals surface area (Å²) >= 11 is 1.25. The highest BCUT2D eigenvalue weighted by molar-refractivity contribution is 8.14. The molecule has 3 aliphatic heterocycles. The molecule has 2 aromatic carbocycles. The van der Waals surface area contributed by atoms with Crippen molar-refractivity contribution in [2.75, 3.05) is 29.2 Å². The fourth-order valence-electron chi connectivity index (χ4n) is 3.37. The third-order valence-corrected chi connectivity index (χ3v) is 5.79. The summed E-state index contributed by atoms with van der Waals surface area (Å²) in [6, 6.07) is 14.7. The van der Waals surface area contributed by atoms with Crippen LogP contribution >= 0.6 is 11.8 Å². The molecule has 0 saturated heterocycles. The van der Waals surface area contributed by atoms with Crippen molar-refractivity contribution < 1.29 is 19.1 Å². The summed E-state index contributed by atoms with van der Waals surface area (Å²) in [6.07, 6.45) is 2.85. The normalized spacial score (nSPS) is 18.9. The molecule has 0 fully saturated rings. The molecule has 5 rings (SSSR count). The molecule has 0 saturated carbocycles. The van der Waals surface area contributed by atoms with Crippen LogP contribution in [0.5, 0.6) is 11.5 Å². The number of hydrogen-bond donors (Lipinski definition) is 2. The number of ether oxygens (including phenoxy) is 2. The second kappa shape index (κ2) is 8.23. The van der Waals surface area contributed by atoms with Crippen LogP contribution in [0, 0.1) is 0 Å². The van der Waals surface area contributed by atoms with Gasteiger partial charge in [0.15, 0.2) is 16.7 Å². The largest absolute Gasteiger partial charge is 0.486 e. The molecule has 1 unspecified atom stereocenters. The second-order valence-electron chi connectivity index (χ2n) is 6.87. The molecule has 31 heavy (non-hydrogen) atoms. The van der Waals surface area contributed by atoms with Crippen molar-refractivity contribution in [1.82, 2.24) is 10.3 Å². The lowest BCUT2D eigenvalue weighted by Crippen LogP contribution is -2.52. The van der Waals surface area contributed by atoms with E-state index in [4.69, 9.17) is 9.47 Å². The fourth-order valence-corrected chi connectivity index (χ4v) is 4.14. The van der Waals surface area contributed by atoms with Crippen molar-refractivity contribution >= 4 is 40.1 Å². The number of hydrogen-bond acceptors (Lipinski definition) is 8. The van der Waals surface area contributed by atoms with Gasteiger partial charge in [0, 0.05) is 29.8 Å². The summed E-state index contributed by atoms with van der Waals surface area (Å²) in [4.78, 5) is 28.5. The maximum absolute atomic E-state index is 12.8. The van der Waals surface area contributed by atoms with Crippen LogP contribution in [0.2, 0.25) is 0 Å². The summed E-state index contributed by atoms with van der Waals surface area (Å²) in [5.74, 6) is 1.09. The number of anilines is 2. The summed E-state index contributed by atoms with van der Waals surface area (Å²) in [5, 5.41) is 7.63. The van der Waals surface area contributed by atoms with Crippen LogP contribution in [0.25, 0.3) is 0 Å². The van der Waals surface area contributed by atoms with Crippen LogP contribution in [0.15, 0.2) is 66.0 Å². The highest BCUT2D eigenvalue weighted by atomic mass is 32.2. The van der Waals surface area contributed by atoms with Crippen molar-refractivity contribution in [3.05, 3.63) is 60.9 Å². The summed E-state index contributed by atoms with van der Waals surface area (Å²) in [6.45, 7) is 1.00. The molecular weight excluding hydrogens is 418 g/mol. The van der Waals surface area contributed by atoms with Gasteiger partial charge in [0.1, 0.15) is 13.2 Å². The third-order valence-electron chi connectivity index (χ3n) is 4.82. The number of fused-ring (bicyclic) bond motifs is 2. The highest BCUT2D eigenvalue weighted by Gasteiger charge is 2.38. The van der Waals surface area contributed by atoms with Gasteiger partial charge in [-0.05, 0) is 24.3 Å². The number of benzene rings is 2. The molecule has 9 nitrogen and oxygen atoms in total. The van der Waals surface area contributed by atoms with Crippen LogP contribution < -0.4 is 25.1 Å². The number of nitrogens with zero attached hydrogens (tertiary/aromatic N) is 3. The molecule has 3 aliphatic rings. The van der Waals surface area contributed by atoms with Crippen molar-refractivity contribution in [2.45, 2.75) is 6.17 Å². The Kier molecular flexibility index (Phi) is 5.13. The Morgan fingerprint density at radius 3 is 2.77 bits per heavy atom. The van der Waals surface area contributed by atoms with E-state index in [0.717, 1.165) is 5.69 Å². The predicted molar refractivity (Wildman–Crippen MR) is 118 cm³/mol. The van der Waals surface area contributed by atoms with Crippen LogP contribution in [-0.4, -0.2) is 47.0 Å². The molecule has 10 heteroatoms. The van der Waals surface area contributed by atoms with Gasteiger partial charge in [0.2, 0.25) is 12.1 Å². The first-order chi connectivity index (χ1) is 15.2. The number of para-hydroxylation sites is 1. The van der Waals surface area contributed by atoms with Crippen LogP contribution in [-0.2, 0) is 9.59 Å². The van der Waals surface area contributed by atoms with Gasteiger partial charge in [-0.2, -0.15) is 5.10 Å². The van der Waals surface area contributed by atoms with Crippen LogP contribution in [0.3, 0.4) is 0 Å². The van der Waals surface area contributed by atoms with E-state index in [1.165, 1.54) is 11.8 Å². The minimum atomic E-state index is -0.631. The number of thioether (sulfide) groups is 1. The van der Waals surface area contributed by atoms with Gasteiger partial charge in [0.05, 0.1) is 5.75 Å². The minimum Gasteiger partial charge on any atom is -0.486 e. The average molecular weight is 437 g/mol. The fraction of sp³-hybridized carbons (Fsp3) is 0.190. The van der Waals surface area contributed by atoms with Gasteiger partial charge in [-0.15, -0.1) is 0 Å². The first kappa shape index (κ1) is 19.3. The van der Waals surface area contributed by atoms with Gasteiger partial charge in [-0.1, -0.05) is 30.0 Å². The van der Waals surface area contributed by atoms with Crippen molar-refractivity contribution in [1.29, 1.82) is 0 Å². The quantitative estimate of drug-likeness (QED) is 0.757. The van der Waals surface area contributed by atoms with E-state index in [1.54, 1.807) is 40.4 Å². The molecule has 1 atom stereocenters. The Hall–Kier alpha value is -3.66. The van der Waals surface area contributed by atoms with E-state index in [9.17, 15) is 9.59 Å². The van der Waals surface area contributed by atoms with E-state index in [0.29, 0.717) is 35.6 Å². The first-order valence-electron chi connectivity index (χ1n) is 9.69. The zero-order valence-corrected chi connectivity index (χ0v) is 17.2. The molecule has 0 aromatic heterocycles. The minimum absolute atomic E-state index is 0.141. The molecular formula is C21H19N5O4S. The summed E-state index contributed by atoms with van der Waals surface area (Å²) in [7, 11) is 0. The Balaban J connectivity index is 1.19. The standard InChI is InChI=1S/C21H19N5O4S/c27-18(22-14-6-7-16-17(12-14)30-11-10-29-16)13-31-21-24-23-19-20(28)25(8-9-26(19)21)15-4-2-1-3-5-15/h1-9,12,19,23H,10-11,13H2,(H,22,27). The van der Waals surface area contributed by atoms with E-state index in [1.807, 2.05) is 30.3 Å². The predicted octanol–water partition coefficient (Wildman–Crippen LogP) is 2.15. The van der Waals surface area contributed by atoms with Gasteiger partial charge in [-0.3, -0.25) is 24.8 Å². The molecule has 0 radical (unpaired) electrons. The van der Waals surface area contributed by atoms with Gasteiger partial charge < -0.3 is 14.8 Å². The average Bonchev–Trinajstić information content (AvgIpc) is 3.22. The Labute approximate surface area is 182 Å². The molecule has 0 bridgehead atoms. The number of hydrazone groups is 1. The molecule has 2 aromatic rings. The van der Waals surface area contributed by atoms with Crippen LogP contribution in [0.1, 0.15) is 0 Å². The Morgan fingerprint density at radius 1 is 1.13 bits per heavy atom. The molecule has 2 N–H and O–H groups in total. The van der Waals surface area contributed by atoms with Gasteiger partial charge in [-0.25, -0.2) is 0 Å². The van der Waals surface area contributed by atoms with Gasteiger partial charge >= 0.3 is 0 Å². The Morgan fingerprint density at radius 2 is 1.94 bits per heavy atom. The van der Waals surface area contributed by atoms with E-state index in [-0.39, 0.29) is 17.6 Å².